The molecule has 0 aliphatic heterocycles. The normalized spacial score (nSPS) is 12.5. The van der Waals surface area contributed by atoms with Gasteiger partial charge in [0.1, 0.15) is 5.82 Å². The second kappa shape index (κ2) is 3.49. The molecule has 1 aromatic carbocycles. The fourth-order valence-electron chi connectivity index (χ4n) is 1.03. The van der Waals surface area contributed by atoms with E-state index in [1.54, 1.807) is 0 Å². The van der Waals surface area contributed by atoms with E-state index in [2.05, 4.69) is 0 Å². The number of hydrogen-bond acceptors (Lipinski definition) is 3. The Morgan fingerprint density at radius 2 is 2.23 bits per heavy atom. The number of hydrogen-bond donors (Lipinski definition) is 1. The fourth-order valence-corrected chi connectivity index (χ4v) is 1.03. The topological polar surface area (TPSA) is 63.4 Å². The van der Waals surface area contributed by atoms with Gasteiger partial charge in [0.25, 0.3) is 5.69 Å². The third-order valence-electron chi connectivity index (χ3n) is 1.64. The highest BCUT2D eigenvalue weighted by molar-refractivity contribution is 5.41. The van der Waals surface area contributed by atoms with E-state index in [4.69, 9.17) is 5.11 Å². The number of nitro benzene ring substituents is 1. The lowest BCUT2D eigenvalue weighted by molar-refractivity contribution is -0.386. The highest BCUT2D eigenvalue weighted by Gasteiger charge is 2.17. The lowest BCUT2D eigenvalue weighted by atomic mass is 10.1. The number of rotatable bonds is 2. The monoisotopic (exact) mass is 185 g/mol. The molecule has 1 N–H and O–H groups in total. The van der Waals surface area contributed by atoms with E-state index >= 15 is 0 Å². The molecule has 1 atom stereocenters. The van der Waals surface area contributed by atoms with Crippen molar-refractivity contribution in [1.29, 1.82) is 0 Å². The van der Waals surface area contributed by atoms with Crippen LogP contribution in [0.3, 0.4) is 0 Å². The smallest absolute Gasteiger partial charge is 0.275 e. The lowest BCUT2D eigenvalue weighted by Gasteiger charge is -2.04. The molecule has 1 aromatic rings. The van der Waals surface area contributed by atoms with Crippen LogP contribution in [0.5, 0.6) is 0 Å². The summed E-state index contributed by atoms with van der Waals surface area (Å²) in [5.74, 6) is -0.596. The van der Waals surface area contributed by atoms with E-state index in [1.807, 2.05) is 0 Å². The van der Waals surface area contributed by atoms with E-state index in [-0.39, 0.29) is 11.3 Å². The number of aliphatic hydroxyl groups is 1. The third kappa shape index (κ3) is 2.00. The van der Waals surface area contributed by atoms with Crippen molar-refractivity contribution in [2.24, 2.45) is 0 Å². The Bertz CT molecular complexity index is 338. The molecule has 0 aliphatic carbocycles. The number of nitrogens with zero attached hydrogens (tertiary/aromatic N) is 1. The Kier molecular flexibility index (Phi) is 2.57. The molecule has 13 heavy (non-hydrogen) atoms. The molecule has 0 saturated heterocycles. The minimum atomic E-state index is -1.05. The molecule has 4 nitrogen and oxygen atoms in total. The molecule has 70 valence electrons. The van der Waals surface area contributed by atoms with Gasteiger partial charge in [-0.2, -0.15) is 0 Å². The van der Waals surface area contributed by atoms with Gasteiger partial charge in [0.2, 0.25) is 0 Å². The predicted octanol–water partition coefficient (Wildman–Crippen LogP) is 1.79. The fraction of sp³-hybridized carbons (Fsp3) is 0.250. The average molecular weight is 185 g/mol. The SMILES string of the molecule is CC(O)c1cc(F)ccc1[N+](=O)[O-]. The standard InChI is InChI=1S/C8H8FNO3/c1-5(11)7-4-6(9)2-3-8(7)10(12)13/h2-5,11H,1H3. The summed E-state index contributed by atoms with van der Waals surface area (Å²) in [5, 5.41) is 19.5. The first-order chi connectivity index (χ1) is 6.02. The predicted molar refractivity (Wildman–Crippen MR) is 43.7 cm³/mol. The molecule has 0 amide bonds. The zero-order valence-electron chi connectivity index (χ0n) is 6.90. The summed E-state index contributed by atoms with van der Waals surface area (Å²) in [6.07, 6.45) is -1.05. The Morgan fingerprint density at radius 1 is 1.62 bits per heavy atom. The maximum Gasteiger partial charge on any atom is 0.275 e. The summed E-state index contributed by atoms with van der Waals surface area (Å²) in [6, 6.07) is 2.99. The number of benzene rings is 1. The van der Waals surface area contributed by atoms with Crippen molar-refractivity contribution >= 4 is 5.69 Å². The van der Waals surface area contributed by atoms with Crippen LogP contribution in [0.2, 0.25) is 0 Å². The van der Waals surface area contributed by atoms with Crippen LogP contribution in [0.25, 0.3) is 0 Å². The van der Waals surface area contributed by atoms with Crippen molar-refractivity contribution in [3.05, 3.63) is 39.7 Å². The van der Waals surface area contributed by atoms with Gasteiger partial charge in [-0.25, -0.2) is 4.39 Å². The van der Waals surface area contributed by atoms with Gasteiger partial charge in [-0.15, -0.1) is 0 Å². The van der Waals surface area contributed by atoms with E-state index < -0.39 is 16.8 Å². The lowest BCUT2D eigenvalue weighted by Crippen LogP contribution is -1.99. The van der Waals surface area contributed by atoms with Crippen LogP contribution in [0.4, 0.5) is 10.1 Å². The van der Waals surface area contributed by atoms with Crippen LogP contribution in [-0.4, -0.2) is 10.0 Å². The zero-order chi connectivity index (χ0) is 10.0. The highest BCUT2D eigenvalue weighted by Crippen LogP contribution is 2.25. The Labute approximate surface area is 73.8 Å². The Balaban J connectivity index is 3.26. The first-order valence-corrected chi connectivity index (χ1v) is 3.64. The second-order valence-corrected chi connectivity index (χ2v) is 2.64. The molecule has 0 heterocycles. The van der Waals surface area contributed by atoms with Gasteiger partial charge < -0.3 is 5.11 Å². The number of aliphatic hydroxyl groups excluding tert-OH is 1. The molecule has 0 fully saturated rings. The van der Waals surface area contributed by atoms with Gasteiger partial charge in [0.05, 0.1) is 16.6 Å². The van der Waals surface area contributed by atoms with Crippen LogP contribution >= 0.6 is 0 Å². The van der Waals surface area contributed by atoms with Gasteiger partial charge in [0.15, 0.2) is 0 Å². The van der Waals surface area contributed by atoms with Gasteiger partial charge in [-0.1, -0.05) is 0 Å². The molecular formula is C8H8FNO3. The summed E-state index contributed by atoms with van der Waals surface area (Å²) >= 11 is 0. The van der Waals surface area contributed by atoms with Gasteiger partial charge >= 0.3 is 0 Å². The van der Waals surface area contributed by atoms with Crippen molar-refractivity contribution in [2.75, 3.05) is 0 Å². The third-order valence-corrected chi connectivity index (χ3v) is 1.64. The Morgan fingerprint density at radius 3 is 2.69 bits per heavy atom. The van der Waals surface area contributed by atoms with Crippen LogP contribution < -0.4 is 0 Å². The number of nitro groups is 1. The average Bonchev–Trinajstić information content (AvgIpc) is 2.03. The summed E-state index contributed by atoms with van der Waals surface area (Å²) in [6.45, 7) is 1.35. The van der Waals surface area contributed by atoms with Crippen molar-refractivity contribution in [2.45, 2.75) is 13.0 Å². The summed E-state index contributed by atoms with van der Waals surface area (Å²) in [5.41, 5.74) is -0.276. The van der Waals surface area contributed by atoms with Gasteiger partial charge in [-0.3, -0.25) is 10.1 Å². The minimum absolute atomic E-state index is 0.00926. The van der Waals surface area contributed by atoms with Crippen molar-refractivity contribution in [3.8, 4) is 0 Å². The molecule has 0 radical (unpaired) electrons. The van der Waals surface area contributed by atoms with E-state index in [0.29, 0.717) is 0 Å². The largest absolute Gasteiger partial charge is 0.388 e. The molecule has 0 spiro atoms. The Hall–Kier alpha value is -1.49. The maximum atomic E-state index is 12.6. The van der Waals surface area contributed by atoms with Crippen LogP contribution in [0.1, 0.15) is 18.6 Å². The minimum Gasteiger partial charge on any atom is -0.388 e. The quantitative estimate of drug-likeness (QED) is 0.564. The first-order valence-electron chi connectivity index (χ1n) is 3.64. The molecule has 1 rings (SSSR count). The molecule has 1 unspecified atom stereocenters. The number of halogens is 1. The second-order valence-electron chi connectivity index (χ2n) is 2.64. The van der Waals surface area contributed by atoms with Gasteiger partial charge in [-0.05, 0) is 19.1 Å². The van der Waals surface area contributed by atoms with E-state index in [0.717, 1.165) is 18.2 Å². The van der Waals surface area contributed by atoms with E-state index in [1.165, 1.54) is 6.92 Å². The van der Waals surface area contributed by atoms with Crippen molar-refractivity contribution in [3.63, 3.8) is 0 Å². The van der Waals surface area contributed by atoms with Crippen LogP contribution in [0, 0.1) is 15.9 Å². The maximum absolute atomic E-state index is 12.6. The summed E-state index contributed by atoms with van der Waals surface area (Å²) in [4.78, 5) is 9.76. The molecule has 0 aliphatic rings. The molecule has 0 bridgehead atoms. The first kappa shape index (κ1) is 9.60. The van der Waals surface area contributed by atoms with Gasteiger partial charge in [0, 0.05) is 6.07 Å². The van der Waals surface area contributed by atoms with Crippen LogP contribution in [-0.2, 0) is 0 Å². The molecule has 5 heteroatoms. The summed E-state index contributed by atoms with van der Waals surface area (Å²) in [7, 11) is 0. The molecule has 0 aromatic heterocycles. The van der Waals surface area contributed by atoms with Crippen LogP contribution in [0.15, 0.2) is 18.2 Å². The zero-order valence-corrected chi connectivity index (χ0v) is 6.90. The van der Waals surface area contributed by atoms with E-state index in [9.17, 15) is 14.5 Å². The summed E-state index contributed by atoms with van der Waals surface area (Å²) < 4.78 is 12.6. The molecular weight excluding hydrogens is 177 g/mol. The van der Waals surface area contributed by atoms with Crippen molar-refractivity contribution in [1.82, 2.24) is 0 Å². The molecule has 0 saturated carbocycles. The van der Waals surface area contributed by atoms with Crippen molar-refractivity contribution < 1.29 is 14.4 Å². The highest BCUT2D eigenvalue weighted by atomic mass is 19.1.